The Balaban J connectivity index is 2.18. The van der Waals surface area contributed by atoms with E-state index < -0.39 is 40.6 Å². The maximum absolute atomic E-state index is 12.9. The monoisotopic (exact) mass is 361 g/mol. The Morgan fingerprint density at radius 1 is 1.15 bits per heavy atom. The molecule has 1 aromatic carbocycles. The second-order valence-corrected chi connectivity index (χ2v) is 8.04. The molecule has 1 saturated carbocycles. The summed E-state index contributed by atoms with van der Waals surface area (Å²) >= 11 is 0. The van der Waals surface area contributed by atoms with Gasteiger partial charge in [0.1, 0.15) is 6.04 Å². The van der Waals surface area contributed by atoms with E-state index in [4.69, 9.17) is 0 Å². The van der Waals surface area contributed by atoms with Crippen molar-refractivity contribution in [2.24, 2.45) is 16.7 Å². The van der Waals surface area contributed by atoms with Crippen LogP contribution < -0.4 is 5.32 Å². The highest BCUT2D eigenvalue weighted by molar-refractivity contribution is 5.89. The summed E-state index contributed by atoms with van der Waals surface area (Å²) in [5, 5.41) is 21.6. The molecule has 1 aromatic rings. The van der Waals surface area contributed by atoms with Crippen LogP contribution in [0.2, 0.25) is 0 Å². The number of nitrogens with one attached hydrogen (secondary N) is 1. The smallest absolute Gasteiger partial charge is 0.326 e. The quantitative estimate of drug-likeness (QED) is 0.723. The Bertz CT molecular complexity index is 709. The molecular formula is C20H27NO5. The lowest BCUT2D eigenvalue weighted by atomic mass is 9.65. The molecule has 1 fully saturated rings. The average molecular weight is 361 g/mol. The summed E-state index contributed by atoms with van der Waals surface area (Å²) in [6, 6.07) is 6.43. The Labute approximate surface area is 153 Å². The summed E-state index contributed by atoms with van der Waals surface area (Å²) in [5.74, 6) is -3.04. The summed E-state index contributed by atoms with van der Waals surface area (Å²) in [7, 11) is 0. The molecule has 142 valence electrons. The number of aryl methyl sites for hydroxylation is 1. The third-order valence-corrected chi connectivity index (χ3v) is 6.19. The summed E-state index contributed by atoms with van der Waals surface area (Å²) in [6.45, 7) is 7.22. The molecule has 6 heteroatoms. The molecular weight excluding hydrogens is 334 g/mol. The molecule has 0 aliphatic heterocycles. The highest BCUT2D eigenvalue weighted by atomic mass is 16.4. The van der Waals surface area contributed by atoms with Crippen molar-refractivity contribution in [2.45, 2.75) is 53.0 Å². The van der Waals surface area contributed by atoms with Crippen LogP contribution in [0.5, 0.6) is 0 Å². The Morgan fingerprint density at radius 2 is 1.73 bits per heavy atom. The van der Waals surface area contributed by atoms with Crippen LogP contribution in [0, 0.1) is 23.7 Å². The van der Waals surface area contributed by atoms with E-state index >= 15 is 0 Å². The molecule has 1 aliphatic carbocycles. The van der Waals surface area contributed by atoms with Crippen LogP contribution in [0.25, 0.3) is 0 Å². The second kappa shape index (κ2) is 7.09. The van der Waals surface area contributed by atoms with Gasteiger partial charge in [0.05, 0.1) is 11.3 Å². The first-order chi connectivity index (χ1) is 12.0. The van der Waals surface area contributed by atoms with E-state index in [0.29, 0.717) is 12.8 Å². The van der Waals surface area contributed by atoms with Gasteiger partial charge >= 0.3 is 11.9 Å². The van der Waals surface area contributed by atoms with Crippen LogP contribution in [0.4, 0.5) is 0 Å². The number of carboxylic acids is 2. The van der Waals surface area contributed by atoms with Gasteiger partial charge in [-0.15, -0.1) is 0 Å². The first kappa shape index (κ1) is 19.9. The van der Waals surface area contributed by atoms with Crippen LogP contribution in [0.15, 0.2) is 24.3 Å². The predicted octanol–water partition coefficient (Wildman–Crippen LogP) is 2.63. The van der Waals surface area contributed by atoms with E-state index in [9.17, 15) is 24.6 Å². The minimum atomic E-state index is -1.10. The lowest BCUT2D eigenvalue weighted by Crippen LogP contribution is -2.53. The summed E-state index contributed by atoms with van der Waals surface area (Å²) in [4.78, 5) is 36.1. The number of hydrogen-bond donors (Lipinski definition) is 3. The highest BCUT2D eigenvalue weighted by Crippen LogP contribution is 2.56. The maximum Gasteiger partial charge on any atom is 0.326 e. The average Bonchev–Trinajstić information content (AvgIpc) is 2.79. The van der Waals surface area contributed by atoms with Crippen molar-refractivity contribution in [3.05, 3.63) is 35.4 Å². The molecule has 2 rings (SSSR count). The van der Waals surface area contributed by atoms with Crippen molar-refractivity contribution in [1.82, 2.24) is 5.32 Å². The fraction of sp³-hybridized carbons (Fsp3) is 0.550. The second-order valence-electron chi connectivity index (χ2n) is 8.04. The van der Waals surface area contributed by atoms with E-state index in [1.165, 1.54) is 0 Å². The van der Waals surface area contributed by atoms with E-state index in [-0.39, 0.29) is 6.42 Å². The summed E-state index contributed by atoms with van der Waals surface area (Å²) in [5.41, 5.74) is 0.194. The third-order valence-electron chi connectivity index (χ3n) is 6.19. The SMILES string of the molecule is Cc1ccc(C[C@H](NC(=O)[C@]2(C)CC[C@H](C(=O)O)C2(C)C)C(=O)O)cc1. The summed E-state index contributed by atoms with van der Waals surface area (Å²) in [6.07, 6.45) is 1.00. The third kappa shape index (κ3) is 3.59. The molecule has 26 heavy (non-hydrogen) atoms. The maximum atomic E-state index is 12.9. The van der Waals surface area contributed by atoms with Gasteiger partial charge < -0.3 is 15.5 Å². The lowest BCUT2D eigenvalue weighted by molar-refractivity contribution is -0.151. The van der Waals surface area contributed by atoms with Crippen molar-refractivity contribution in [2.75, 3.05) is 0 Å². The van der Waals surface area contributed by atoms with Crippen molar-refractivity contribution in [1.29, 1.82) is 0 Å². The molecule has 0 heterocycles. The van der Waals surface area contributed by atoms with Crippen molar-refractivity contribution < 1.29 is 24.6 Å². The van der Waals surface area contributed by atoms with Crippen molar-refractivity contribution in [3.8, 4) is 0 Å². The molecule has 0 spiro atoms. The first-order valence-corrected chi connectivity index (χ1v) is 8.81. The number of amides is 1. The van der Waals surface area contributed by atoms with E-state index in [1.54, 1.807) is 20.8 Å². The van der Waals surface area contributed by atoms with E-state index in [1.807, 2.05) is 31.2 Å². The lowest BCUT2D eigenvalue weighted by Gasteiger charge is -2.39. The minimum absolute atomic E-state index is 0.181. The molecule has 0 unspecified atom stereocenters. The first-order valence-electron chi connectivity index (χ1n) is 8.81. The van der Waals surface area contributed by atoms with E-state index in [2.05, 4.69) is 5.32 Å². The Hall–Kier alpha value is -2.37. The van der Waals surface area contributed by atoms with Gasteiger partial charge in [0.2, 0.25) is 5.91 Å². The van der Waals surface area contributed by atoms with Crippen LogP contribution in [-0.2, 0) is 20.8 Å². The topological polar surface area (TPSA) is 104 Å². The van der Waals surface area contributed by atoms with Gasteiger partial charge in [0.15, 0.2) is 0 Å². The number of benzene rings is 1. The number of carboxylic acid groups (broad SMARTS) is 2. The molecule has 3 N–H and O–H groups in total. The Kier molecular flexibility index (Phi) is 5.44. The predicted molar refractivity (Wildman–Crippen MR) is 96.7 cm³/mol. The standard InChI is InChI=1S/C20H27NO5/c1-12-5-7-13(8-6-12)11-15(17(24)25)21-18(26)20(4)10-9-14(16(22)23)19(20,2)3/h5-8,14-15H,9-11H2,1-4H3,(H,21,26)(H,22,23)(H,24,25)/t14-,15+,20+/m1/s1. The Morgan fingerprint density at radius 3 is 2.19 bits per heavy atom. The van der Waals surface area contributed by atoms with E-state index in [0.717, 1.165) is 11.1 Å². The number of aliphatic carboxylic acids is 2. The normalized spacial score (nSPS) is 25.5. The van der Waals surface area contributed by atoms with Crippen molar-refractivity contribution in [3.63, 3.8) is 0 Å². The molecule has 1 amide bonds. The number of carbonyl (C=O) groups excluding carboxylic acids is 1. The highest BCUT2D eigenvalue weighted by Gasteiger charge is 2.58. The fourth-order valence-electron chi connectivity index (χ4n) is 3.82. The van der Waals surface area contributed by atoms with Crippen molar-refractivity contribution >= 4 is 17.8 Å². The molecule has 0 bridgehead atoms. The zero-order valence-corrected chi connectivity index (χ0v) is 15.7. The number of hydrogen-bond acceptors (Lipinski definition) is 3. The van der Waals surface area contributed by atoms with Crippen LogP contribution in [-0.4, -0.2) is 34.1 Å². The molecule has 1 aliphatic rings. The van der Waals surface area contributed by atoms with Crippen LogP contribution in [0.1, 0.15) is 44.7 Å². The van der Waals surface area contributed by atoms with Gasteiger partial charge in [0.25, 0.3) is 0 Å². The van der Waals surface area contributed by atoms with Gasteiger partial charge in [0, 0.05) is 6.42 Å². The van der Waals surface area contributed by atoms with Crippen LogP contribution >= 0.6 is 0 Å². The minimum Gasteiger partial charge on any atom is -0.481 e. The molecule has 0 aromatic heterocycles. The van der Waals surface area contributed by atoms with Gasteiger partial charge in [-0.1, -0.05) is 50.6 Å². The zero-order valence-electron chi connectivity index (χ0n) is 15.7. The van der Waals surface area contributed by atoms with Gasteiger partial charge in [-0.05, 0) is 30.7 Å². The molecule has 0 radical (unpaired) electrons. The molecule has 3 atom stereocenters. The van der Waals surface area contributed by atoms with Gasteiger partial charge in [-0.3, -0.25) is 9.59 Å². The zero-order chi connectivity index (χ0) is 19.7. The molecule has 0 saturated heterocycles. The van der Waals surface area contributed by atoms with Gasteiger partial charge in [-0.25, -0.2) is 4.79 Å². The summed E-state index contributed by atoms with van der Waals surface area (Å²) < 4.78 is 0. The van der Waals surface area contributed by atoms with Gasteiger partial charge in [-0.2, -0.15) is 0 Å². The number of carbonyl (C=O) groups is 3. The fourth-order valence-corrected chi connectivity index (χ4v) is 3.82. The number of rotatable bonds is 6. The van der Waals surface area contributed by atoms with Crippen LogP contribution in [0.3, 0.4) is 0 Å². The molecule has 6 nitrogen and oxygen atoms in total. The largest absolute Gasteiger partial charge is 0.481 e.